The lowest BCUT2D eigenvalue weighted by Crippen LogP contribution is -2.45. The van der Waals surface area contributed by atoms with Gasteiger partial charge in [0.15, 0.2) is 0 Å². The van der Waals surface area contributed by atoms with Crippen molar-refractivity contribution in [2.75, 3.05) is 4.72 Å². The Morgan fingerprint density at radius 3 is 2.10 bits per heavy atom. The third-order valence-corrected chi connectivity index (χ3v) is 6.30. The number of hydrogen-bond donors (Lipinski definition) is 2. The molecule has 5 nitrogen and oxygen atoms in total. The van der Waals surface area contributed by atoms with Crippen LogP contribution in [0, 0.1) is 26.2 Å². The SMILES string of the molecule is Cc1ccc(NS(=O)(=O)c2cc(C(=O)NC(C)(C)CC(C)(C)C)ccc2C)c(C)c1. The van der Waals surface area contributed by atoms with Gasteiger partial charge in [0.25, 0.3) is 15.9 Å². The van der Waals surface area contributed by atoms with Crippen molar-refractivity contribution in [1.82, 2.24) is 5.32 Å². The molecule has 0 bridgehead atoms. The lowest BCUT2D eigenvalue weighted by molar-refractivity contribution is 0.0891. The molecular formula is C24H34N2O3S. The van der Waals surface area contributed by atoms with Gasteiger partial charge in [-0.25, -0.2) is 8.42 Å². The highest BCUT2D eigenvalue weighted by atomic mass is 32.2. The zero-order valence-corrected chi connectivity index (χ0v) is 20.1. The fourth-order valence-corrected chi connectivity index (χ4v) is 5.31. The van der Waals surface area contributed by atoms with Crippen molar-refractivity contribution in [3.05, 3.63) is 58.7 Å². The first-order valence-electron chi connectivity index (χ1n) is 10.1. The first-order valence-corrected chi connectivity index (χ1v) is 11.6. The summed E-state index contributed by atoms with van der Waals surface area (Å²) in [4.78, 5) is 13.0. The third-order valence-electron chi connectivity index (χ3n) is 4.79. The highest BCUT2D eigenvalue weighted by Gasteiger charge is 2.28. The first kappa shape index (κ1) is 23.9. The molecule has 0 aliphatic carbocycles. The van der Waals surface area contributed by atoms with E-state index < -0.39 is 15.6 Å². The average Bonchev–Trinajstić information content (AvgIpc) is 2.54. The summed E-state index contributed by atoms with van der Waals surface area (Å²) in [5, 5.41) is 3.04. The highest BCUT2D eigenvalue weighted by molar-refractivity contribution is 7.92. The predicted octanol–water partition coefficient (Wildman–Crippen LogP) is 5.36. The molecule has 30 heavy (non-hydrogen) atoms. The van der Waals surface area contributed by atoms with E-state index in [-0.39, 0.29) is 16.2 Å². The van der Waals surface area contributed by atoms with Gasteiger partial charge in [-0.3, -0.25) is 9.52 Å². The van der Waals surface area contributed by atoms with Crippen LogP contribution in [0.15, 0.2) is 41.3 Å². The normalized spacial score (nSPS) is 12.5. The summed E-state index contributed by atoms with van der Waals surface area (Å²) in [6.07, 6.45) is 0.789. The van der Waals surface area contributed by atoms with E-state index in [0.29, 0.717) is 16.8 Å². The zero-order valence-electron chi connectivity index (χ0n) is 19.3. The van der Waals surface area contributed by atoms with Crippen LogP contribution >= 0.6 is 0 Å². The number of carbonyl (C=O) groups excluding carboxylic acids is 1. The Morgan fingerprint density at radius 2 is 1.53 bits per heavy atom. The van der Waals surface area contributed by atoms with Crippen LogP contribution in [0.25, 0.3) is 0 Å². The Bertz CT molecular complexity index is 1050. The van der Waals surface area contributed by atoms with E-state index in [2.05, 4.69) is 30.8 Å². The first-order chi connectivity index (χ1) is 13.6. The van der Waals surface area contributed by atoms with E-state index in [4.69, 9.17) is 0 Å². The molecule has 0 aliphatic heterocycles. The quantitative estimate of drug-likeness (QED) is 0.648. The monoisotopic (exact) mass is 430 g/mol. The highest BCUT2D eigenvalue weighted by Crippen LogP contribution is 2.28. The van der Waals surface area contributed by atoms with E-state index in [1.807, 2.05) is 39.8 Å². The lowest BCUT2D eigenvalue weighted by atomic mass is 9.81. The van der Waals surface area contributed by atoms with E-state index in [1.54, 1.807) is 25.1 Å². The summed E-state index contributed by atoms with van der Waals surface area (Å²) < 4.78 is 28.8. The summed E-state index contributed by atoms with van der Waals surface area (Å²) in [5.41, 5.74) is 2.96. The van der Waals surface area contributed by atoms with Crippen molar-refractivity contribution in [3.63, 3.8) is 0 Å². The van der Waals surface area contributed by atoms with Crippen molar-refractivity contribution < 1.29 is 13.2 Å². The van der Waals surface area contributed by atoms with E-state index in [0.717, 1.165) is 17.5 Å². The summed E-state index contributed by atoms with van der Waals surface area (Å²) in [6, 6.07) is 10.3. The predicted molar refractivity (Wildman–Crippen MR) is 124 cm³/mol. The summed E-state index contributed by atoms with van der Waals surface area (Å²) >= 11 is 0. The molecule has 0 fully saturated rings. The van der Waals surface area contributed by atoms with E-state index in [9.17, 15) is 13.2 Å². The van der Waals surface area contributed by atoms with Crippen molar-refractivity contribution in [1.29, 1.82) is 0 Å². The van der Waals surface area contributed by atoms with Crippen molar-refractivity contribution in [3.8, 4) is 0 Å². The van der Waals surface area contributed by atoms with Crippen LogP contribution in [0.3, 0.4) is 0 Å². The van der Waals surface area contributed by atoms with Crippen LogP contribution in [0.2, 0.25) is 0 Å². The maximum Gasteiger partial charge on any atom is 0.262 e. The number of carbonyl (C=O) groups is 1. The second kappa shape index (κ2) is 8.42. The lowest BCUT2D eigenvalue weighted by Gasteiger charge is -2.33. The number of benzene rings is 2. The van der Waals surface area contributed by atoms with Crippen LogP contribution in [-0.2, 0) is 10.0 Å². The third kappa shape index (κ3) is 6.33. The Hall–Kier alpha value is -2.34. The van der Waals surface area contributed by atoms with E-state index >= 15 is 0 Å². The Kier molecular flexibility index (Phi) is 6.72. The number of rotatable bonds is 6. The van der Waals surface area contributed by atoms with Crippen molar-refractivity contribution >= 4 is 21.6 Å². The zero-order chi connectivity index (χ0) is 22.9. The molecule has 0 aliphatic rings. The molecule has 2 N–H and O–H groups in total. The molecule has 2 aromatic carbocycles. The molecule has 1 amide bonds. The van der Waals surface area contributed by atoms with Gasteiger partial charge in [-0.1, -0.05) is 44.5 Å². The van der Waals surface area contributed by atoms with Gasteiger partial charge >= 0.3 is 0 Å². The van der Waals surface area contributed by atoms with Crippen molar-refractivity contribution in [2.45, 2.75) is 72.2 Å². The van der Waals surface area contributed by atoms with E-state index in [1.165, 1.54) is 6.07 Å². The van der Waals surface area contributed by atoms with Gasteiger partial charge in [-0.2, -0.15) is 0 Å². The molecule has 0 aromatic heterocycles. The molecule has 0 atom stereocenters. The smallest absolute Gasteiger partial charge is 0.262 e. The minimum atomic E-state index is -3.84. The van der Waals surface area contributed by atoms with Crippen LogP contribution in [0.4, 0.5) is 5.69 Å². The number of nitrogens with one attached hydrogen (secondary N) is 2. The molecule has 0 saturated heterocycles. The van der Waals surface area contributed by atoms with Crippen LogP contribution < -0.4 is 10.0 Å². The molecular weight excluding hydrogens is 396 g/mol. The van der Waals surface area contributed by atoms with Gasteiger partial charge in [0, 0.05) is 11.1 Å². The second-order valence-corrected chi connectivity index (χ2v) is 11.6. The molecule has 0 heterocycles. The number of amides is 1. The summed E-state index contributed by atoms with van der Waals surface area (Å²) in [6.45, 7) is 15.9. The van der Waals surface area contributed by atoms with Gasteiger partial charge in [-0.05, 0) is 75.8 Å². The van der Waals surface area contributed by atoms with Gasteiger partial charge in [-0.15, -0.1) is 0 Å². The number of hydrogen-bond acceptors (Lipinski definition) is 3. The van der Waals surface area contributed by atoms with Crippen molar-refractivity contribution in [2.24, 2.45) is 5.41 Å². The molecule has 0 saturated carbocycles. The largest absolute Gasteiger partial charge is 0.347 e. The minimum Gasteiger partial charge on any atom is -0.347 e. The fourth-order valence-electron chi connectivity index (χ4n) is 3.91. The average molecular weight is 431 g/mol. The minimum absolute atomic E-state index is 0.0500. The molecule has 2 rings (SSSR count). The maximum atomic E-state index is 13.1. The maximum absolute atomic E-state index is 13.1. The van der Waals surface area contributed by atoms with Crippen LogP contribution in [0.5, 0.6) is 0 Å². The van der Waals surface area contributed by atoms with Crippen LogP contribution in [0.1, 0.15) is 68.1 Å². The Balaban J connectivity index is 2.32. The van der Waals surface area contributed by atoms with Gasteiger partial charge in [0.05, 0.1) is 10.6 Å². The number of sulfonamides is 1. The molecule has 164 valence electrons. The fraction of sp³-hybridized carbons (Fsp3) is 0.458. The number of anilines is 1. The van der Waals surface area contributed by atoms with Gasteiger partial charge < -0.3 is 5.32 Å². The molecule has 2 aromatic rings. The molecule has 0 unspecified atom stereocenters. The Morgan fingerprint density at radius 1 is 0.900 bits per heavy atom. The van der Waals surface area contributed by atoms with Gasteiger partial charge in [0.2, 0.25) is 0 Å². The standard InChI is InChI=1S/C24H34N2O3S/c1-16-9-12-20(18(3)13-16)26-30(28,29)21-14-19(11-10-17(21)2)22(27)25-24(7,8)15-23(4,5)6/h9-14,26H,15H2,1-8H3,(H,25,27). The Labute approximate surface area is 181 Å². The molecule has 0 radical (unpaired) electrons. The molecule has 6 heteroatoms. The van der Waals surface area contributed by atoms with Gasteiger partial charge in [0.1, 0.15) is 0 Å². The second-order valence-electron chi connectivity index (χ2n) is 9.98. The summed E-state index contributed by atoms with van der Waals surface area (Å²) in [7, 11) is -3.84. The topological polar surface area (TPSA) is 75.3 Å². The molecule has 0 spiro atoms. The summed E-state index contributed by atoms with van der Waals surface area (Å²) in [5.74, 6) is -0.285. The number of aryl methyl sites for hydroxylation is 3. The van der Waals surface area contributed by atoms with Crippen LogP contribution in [-0.4, -0.2) is 19.9 Å².